The van der Waals surface area contributed by atoms with Crippen molar-refractivity contribution in [3.63, 3.8) is 0 Å². The van der Waals surface area contributed by atoms with Crippen LogP contribution in [0.1, 0.15) is 10.6 Å². The summed E-state index contributed by atoms with van der Waals surface area (Å²) in [6, 6.07) is 1.44. The third-order valence-electron chi connectivity index (χ3n) is 1.99. The smallest absolute Gasteiger partial charge is 0.265 e. The van der Waals surface area contributed by atoms with E-state index in [-0.39, 0.29) is 11.5 Å². The van der Waals surface area contributed by atoms with Crippen LogP contribution in [0.5, 0.6) is 0 Å². The molecule has 2 N–H and O–H groups in total. The number of anilines is 1. The summed E-state index contributed by atoms with van der Waals surface area (Å²) in [6.45, 7) is 1.60. The highest BCUT2D eigenvalue weighted by Crippen LogP contribution is 2.33. The second-order valence-electron chi connectivity index (χ2n) is 3.41. The van der Waals surface area contributed by atoms with Crippen molar-refractivity contribution in [2.75, 3.05) is 4.72 Å². The minimum Gasteiger partial charge on any atom is -0.391 e. The van der Waals surface area contributed by atoms with Gasteiger partial charge in [-0.3, -0.25) is 4.72 Å². The van der Waals surface area contributed by atoms with E-state index >= 15 is 0 Å². The van der Waals surface area contributed by atoms with Gasteiger partial charge in [-0.2, -0.15) is 0 Å². The molecule has 2 aromatic rings. The molecule has 98 valence electrons. The lowest BCUT2D eigenvalue weighted by Gasteiger charge is -2.03. The van der Waals surface area contributed by atoms with Crippen molar-refractivity contribution in [2.45, 2.75) is 18.4 Å². The fourth-order valence-electron chi connectivity index (χ4n) is 1.23. The number of thiazole rings is 1. The Morgan fingerprint density at radius 3 is 2.78 bits per heavy atom. The molecule has 0 aliphatic carbocycles. The second kappa shape index (κ2) is 5.25. The van der Waals surface area contributed by atoms with Crippen LogP contribution in [0.15, 0.2) is 20.1 Å². The van der Waals surface area contributed by atoms with Gasteiger partial charge in [-0.15, -0.1) is 22.7 Å². The van der Waals surface area contributed by atoms with E-state index in [0.717, 1.165) is 5.69 Å². The van der Waals surface area contributed by atoms with Crippen molar-refractivity contribution in [1.29, 1.82) is 0 Å². The zero-order chi connectivity index (χ0) is 13.3. The van der Waals surface area contributed by atoms with Gasteiger partial charge in [0, 0.05) is 10.3 Å². The molecular formula is C9H9BrN2O3S3. The average Bonchev–Trinajstić information content (AvgIpc) is 2.84. The molecule has 2 heterocycles. The number of sulfonamides is 1. The van der Waals surface area contributed by atoms with Crippen molar-refractivity contribution < 1.29 is 13.5 Å². The lowest BCUT2D eigenvalue weighted by molar-refractivity contribution is 0.285. The van der Waals surface area contributed by atoms with Crippen LogP contribution in [0.4, 0.5) is 5.13 Å². The van der Waals surface area contributed by atoms with Crippen molar-refractivity contribution in [3.8, 4) is 0 Å². The first-order valence-electron chi connectivity index (χ1n) is 4.76. The number of halogens is 1. The van der Waals surface area contributed by atoms with Crippen LogP contribution in [0.25, 0.3) is 0 Å². The molecule has 0 bridgehead atoms. The van der Waals surface area contributed by atoms with Crippen LogP contribution in [0.3, 0.4) is 0 Å². The molecule has 9 heteroatoms. The van der Waals surface area contributed by atoms with Crippen LogP contribution < -0.4 is 4.72 Å². The Bertz CT molecular complexity index is 662. The number of aryl methyl sites for hydroxylation is 1. The van der Waals surface area contributed by atoms with E-state index in [1.165, 1.54) is 28.7 Å². The van der Waals surface area contributed by atoms with Crippen molar-refractivity contribution in [2.24, 2.45) is 0 Å². The van der Waals surface area contributed by atoms with E-state index in [1.54, 1.807) is 12.3 Å². The SMILES string of the molecule is Cc1csc(NS(=O)(=O)c2cc(CO)sc2Br)n1. The molecular weight excluding hydrogens is 360 g/mol. The fraction of sp³-hybridized carbons (Fsp3) is 0.222. The summed E-state index contributed by atoms with van der Waals surface area (Å²) < 4.78 is 27.1. The summed E-state index contributed by atoms with van der Waals surface area (Å²) in [5, 5.41) is 11.1. The third kappa shape index (κ3) is 2.91. The van der Waals surface area contributed by atoms with Gasteiger partial charge in [-0.05, 0) is 28.9 Å². The average molecular weight is 369 g/mol. The van der Waals surface area contributed by atoms with Crippen molar-refractivity contribution in [3.05, 3.63) is 25.8 Å². The second-order valence-corrected chi connectivity index (χ2v) is 8.37. The van der Waals surface area contributed by atoms with Gasteiger partial charge in [-0.25, -0.2) is 13.4 Å². The van der Waals surface area contributed by atoms with Gasteiger partial charge in [0.05, 0.1) is 16.1 Å². The first kappa shape index (κ1) is 13.9. The van der Waals surface area contributed by atoms with Crippen molar-refractivity contribution >= 4 is 53.8 Å². The van der Waals surface area contributed by atoms with Crippen molar-refractivity contribution in [1.82, 2.24) is 4.98 Å². The molecule has 0 saturated heterocycles. The number of nitrogens with zero attached hydrogens (tertiary/aromatic N) is 1. The summed E-state index contributed by atoms with van der Waals surface area (Å²) in [5.74, 6) is 0. The Morgan fingerprint density at radius 2 is 2.28 bits per heavy atom. The normalized spacial score (nSPS) is 11.7. The van der Waals surface area contributed by atoms with Crippen LogP contribution in [0, 0.1) is 6.92 Å². The number of thiophene rings is 1. The van der Waals surface area contributed by atoms with Gasteiger partial charge in [0.1, 0.15) is 4.90 Å². The number of nitrogens with one attached hydrogen (secondary N) is 1. The van der Waals surface area contributed by atoms with Crippen LogP contribution in [-0.2, 0) is 16.6 Å². The van der Waals surface area contributed by atoms with Gasteiger partial charge in [0.15, 0.2) is 5.13 Å². The van der Waals surface area contributed by atoms with Crippen LogP contribution in [0.2, 0.25) is 0 Å². The Morgan fingerprint density at radius 1 is 1.56 bits per heavy atom. The number of aliphatic hydroxyl groups is 1. The zero-order valence-corrected chi connectivity index (χ0v) is 13.2. The molecule has 0 amide bonds. The number of hydrogen-bond donors (Lipinski definition) is 2. The Hall–Kier alpha value is -0.480. The predicted molar refractivity (Wildman–Crippen MR) is 75.6 cm³/mol. The van der Waals surface area contributed by atoms with E-state index in [2.05, 4.69) is 25.6 Å². The molecule has 0 atom stereocenters. The molecule has 2 rings (SSSR count). The zero-order valence-electron chi connectivity index (χ0n) is 9.18. The first-order chi connectivity index (χ1) is 8.42. The molecule has 18 heavy (non-hydrogen) atoms. The quantitative estimate of drug-likeness (QED) is 0.868. The Kier molecular flexibility index (Phi) is 4.07. The molecule has 0 spiro atoms. The molecule has 0 aliphatic rings. The maximum Gasteiger partial charge on any atom is 0.265 e. The van der Waals surface area contributed by atoms with E-state index < -0.39 is 10.0 Å². The van der Waals surface area contributed by atoms with Gasteiger partial charge in [-0.1, -0.05) is 0 Å². The molecule has 0 fully saturated rings. The van der Waals surface area contributed by atoms with E-state index in [1.807, 2.05) is 0 Å². The number of rotatable bonds is 4. The largest absolute Gasteiger partial charge is 0.391 e. The number of aliphatic hydroxyl groups excluding tert-OH is 1. The molecule has 0 saturated carbocycles. The maximum atomic E-state index is 12.1. The van der Waals surface area contributed by atoms with E-state index in [4.69, 9.17) is 5.11 Å². The molecule has 0 aliphatic heterocycles. The van der Waals surface area contributed by atoms with Gasteiger partial charge >= 0.3 is 0 Å². The summed E-state index contributed by atoms with van der Waals surface area (Å²) in [5.41, 5.74) is 0.762. The monoisotopic (exact) mass is 368 g/mol. The van der Waals surface area contributed by atoms with Gasteiger partial charge < -0.3 is 5.11 Å². The number of aromatic nitrogens is 1. The van der Waals surface area contributed by atoms with E-state index in [9.17, 15) is 8.42 Å². The topological polar surface area (TPSA) is 79.3 Å². The van der Waals surface area contributed by atoms with Crippen LogP contribution >= 0.6 is 38.6 Å². The highest BCUT2D eigenvalue weighted by molar-refractivity contribution is 9.11. The molecule has 0 aromatic carbocycles. The van der Waals surface area contributed by atoms with Gasteiger partial charge in [0.2, 0.25) is 0 Å². The molecule has 5 nitrogen and oxygen atoms in total. The van der Waals surface area contributed by atoms with Crippen LogP contribution in [-0.4, -0.2) is 18.5 Å². The molecule has 2 aromatic heterocycles. The Labute approximate surface area is 121 Å². The highest BCUT2D eigenvalue weighted by Gasteiger charge is 2.21. The fourth-order valence-corrected chi connectivity index (χ4v) is 5.71. The summed E-state index contributed by atoms with van der Waals surface area (Å²) >= 11 is 5.60. The first-order valence-corrected chi connectivity index (χ1v) is 8.73. The summed E-state index contributed by atoms with van der Waals surface area (Å²) in [7, 11) is -3.67. The standard InChI is InChI=1S/C9H9BrN2O3S3/c1-5-4-16-9(11-5)12-18(14,15)7-2-6(3-13)17-8(7)10/h2,4,13H,3H2,1H3,(H,11,12). The minimum atomic E-state index is -3.67. The molecule has 0 unspecified atom stereocenters. The van der Waals surface area contributed by atoms with E-state index in [0.29, 0.717) is 13.8 Å². The lowest BCUT2D eigenvalue weighted by atomic mass is 10.5. The lowest BCUT2D eigenvalue weighted by Crippen LogP contribution is -2.12. The Balaban J connectivity index is 2.33. The summed E-state index contributed by atoms with van der Waals surface area (Å²) in [6.07, 6.45) is 0. The highest BCUT2D eigenvalue weighted by atomic mass is 79.9. The predicted octanol–water partition coefficient (Wildman–Crippen LogP) is 2.57. The van der Waals surface area contributed by atoms with Gasteiger partial charge in [0.25, 0.3) is 10.0 Å². The summed E-state index contributed by atoms with van der Waals surface area (Å²) in [4.78, 5) is 4.74. The maximum absolute atomic E-state index is 12.1. The minimum absolute atomic E-state index is 0.115. The third-order valence-corrected chi connectivity index (χ3v) is 6.57. The number of hydrogen-bond acceptors (Lipinski definition) is 6. The molecule has 0 radical (unpaired) electrons.